The first kappa shape index (κ1) is 19.1. The Bertz CT molecular complexity index is 1430. The van der Waals surface area contributed by atoms with E-state index in [9.17, 15) is 4.79 Å². The summed E-state index contributed by atoms with van der Waals surface area (Å²) in [6, 6.07) is 15.5. The van der Waals surface area contributed by atoms with Crippen molar-refractivity contribution in [1.82, 2.24) is 20.2 Å². The van der Waals surface area contributed by atoms with Gasteiger partial charge in [-0.15, -0.1) is 0 Å². The number of amides is 1. The van der Waals surface area contributed by atoms with Gasteiger partial charge < -0.3 is 15.2 Å². The molecule has 0 aliphatic heterocycles. The van der Waals surface area contributed by atoms with E-state index in [1.165, 1.54) is 0 Å². The van der Waals surface area contributed by atoms with Crippen LogP contribution in [0.3, 0.4) is 0 Å². The van der Waals surface area contributed by atoms with E-state index in [1.807, 2.05) is 55.5 Å². The monoisotopic (exact) mass is 430 g/mol. The third-order valence-corrected chi connectivity index (χ3v) is 5.52. The van der Waals surface area contributed by atoms with Crippen molar-refractivity contribution in [2.75, 3.05) is 24.3 Å². The lowest BCUT2D eigenvalue weighted by molar-refractivity contribution is 0.102. The maximum atomic E-state index is 13.1. The van der Waals surface area contributed by atoms with Crippen molar-refractivity contribution in [2.24, 2.45) is 0 Å². The van der Waals surface area contributed by atoms with E-state index in [0.29, 0.717) is 16.5 Å². The number of nitrogens with one attached hydrogen (secondary N) is 3. The number of anilines is 2. The first-order valence-electron chi connectivity index (χ1n) is 9.70. The summed E-state index contributed by atoms with van der Waals surface area (Å²) in [6.07, 6.45) is 3.61. The Balaban J connectivity index is 1.59. The zero-order valence-electron chi connectivity index (χ0n) is 16.9. The molecule has 0 bridgehead atoms. The molecule has 0 fully saturated rings. The highest BCUT2D eigenvalue weighted by Gasteiger charge is 2.17. The minimum Gasteiger partial charge on any atom is -0.363 e. The number of benzene rings is 2. The van der Waals surface area contributed by atoms with Gasteiger partial charge in [0.1, 0.15) is 11.5 Å². The molecule has 31 heavy (non-hydrogen) atoms. The van der Waals surface area contributed by atoms with Crippen LogP contribution >= 0.6 is 11.6 Å². The number of halogens is 1. The number of rotatable bonds is 4. The van der Waals surface area contributed by atoms with E-state index in [4.69, 9.17) is 11.6 Å². The fraction of sp³-hybridized carbons (Fsp3) is 0.0870. The number of H-pyrrole nitrogens is 2. The first-order valence-corrected chi connectivity index (χ1v) is 10.1. The fourth-order valence-electron chi connectivity index (χ4n) is 3.67. The van der Waals surface area contributed by atoms with Crippen LogP contribution in [-0.4, -0.2) is 40.2 Å². The van der Waals surface area contributed by atoms with Crippen molar-refractivity contribution in [1.29, 1.82) is 0 Å². The molecule has 0 aliphatic rings. The Labute approximate surface area is 183 Å². The van der Waals surface area contributed by atoms with Crippen molar-refractivity contribution in [3.63, 3.8) is 0 Å². The zero-order chi connectivity index (χ0) is 21.5. The van der Waals surface area contributed by atoms with E-state index in [1.54, 1.807) is 18.3 Å². The molecule has 7 nitrogen and oxygen atoms in total. The van der Waals surface area contributed by atoms with Crippen LogP contribution in [0.4, 0.5) is 11.5 Å². The summed E-state index contributed by atoms with van der Waals surface area (Å²) in [5, 5.41) is 12.3. The number of pyridine rings is 1. The van der Waals surface area contributed by atoms with E-state index in [2.05, 4.69) is 31.5 Å². The molecule has 0 radical (unpaired) electrons. The molecule has 8 heteroatoms. The van der Waals surface area contributed by atoms with E-state index >= 15 is 0 Å². The van der Waals surface area contributed by atoms with Crippen LogP contribution in [0.1, 0.15) is 10.5 Å². The third kappa shape index (κ3) is 3.39. The van der Waals surface area contributed by atoms with Gasteiger partial charge in [-0.2, -0.15) is 5.10 Å². The maximum absolute atomic E-state index is 13.1. The molecule has 2 aromatic carbocycles. The second-order valence-corrected chi connectivity index (χ2v) is 7.86. The molecule has 0 aliphatic carbocycles. The van der Waals surface area contributed by atoms with Crippen LogP contribution in [-0.2, 0) is 0 Å². The minimum absolute atomic E-state index is 0.169. The highest BCUT2D eigenvalue weighted by Crippen LogP contribution is 2.34. The van der Waals surface area contributed by atoms with Crippen LogP contribution in [0, 0.1) is 0 Å². The normalized spacial score (nSPS) is 11.2. The van der Waals surface area contributed by atoms with Crippen LogP contribution < -0.4 is 10.2 Å². The largest absolute Gasteiger partial charge is 0.363 e. The average Bonchev–Trinajstić information content (AvgIpc) is 3.42. The van der Waals surface area contributed by atoms with Crippen LogP contribution in [0.15, 0.2) is 60.9 Å². The summed E-state index contributed by atoms with van der Waals surface area (Å²) in [6.45, 7) is 0. The maximum Gasteiger partial charge on any atom is 0.275 e. The second-order valence-electron chi connectivity index (χ2n) is 7.45. The summed E-state index contributed by atoms with van der Waals surface area (Å²) in [5.41, 5.74) is 4.68. The molecular weight excluding hydrogens is 412 g/mol. The lowest BCUT2D eigenvalue weighted by Gasteiger charge is -2.14. The Hall–Kier alpha value is -3.84. The third-order valence-electron chi connectivity index (χ3n) is 5.22. The molecule has 3 N–H and O–H groups in total. The highest BCUT2D eigenvalue weighted by atomic mass is 35.5. The SMILES string of the molecule is CN(C)c1ccc(Cl)c(C(=O)Nc2cc(-c3cccc4[nH]ccc34)cc3[nH]ncc23)n1. The van der Waals surface area contributed by atoms with Gasteiger partial charge in [0, 0.05) is 36.6 Å². The van der Waals surface area contributed by atoms with Crippen molar-refractivity contribution in [2.45, 2.75) is 0 Å². The first-order chi connectivity index (χ1) is 15.0. The molecule has 1 amide bonds. The Morgan fingerprint density at radius 1 is 1.06 bits per heavy atom. The fourth-order valence-corrected chi connectivity index (χ4v) is 3.86. The van der Waals surface area contributed by atoms with Crippen molar-refractivity contribution in [3.8, 4) is 11.1 Å². The number of nitrogens with zero attached hydrogens (tertiary/aromatic N) is 3. The van der Waals surface area contributed by atoms with Crippen molar-refractivity contribution >= 4 is 50.8 Å². The molecule has 0 spiro atoms. The number of carbonyl (C=O) groups is 1. The summed E-state index contributed by atoms with van der Waals surface area (Å²) in [4.78, 5) is 22.5. The number of hydrogen-bond donors (Lipinski definition) is 3. The van der Waals surface area contributed by atoms with E-state index in [0.717, 1.165) is 32.9 Å². The second kappa shape index (κ2) is 7.45. The lowest BCUT2D eigenvalue weighted by Crippen LogP contribution is -2.18. The highest BCUT2D eigenvalue weighted by molar-refractivity contribution is 6.34. The van der Waals surface area contributed by atoms with E-state index < -0.39 is 0 Å². The van der Waals surface area contributed by atoms with Gasteiger partial charge in [0.15, 0.2) is 0 Å². The van der Waals surface area contributed by atoms with Crippen LogP contribution in [0.2, 0.25) is 5.02 Å². The number of carbonyl (C=O) groups excluding carboxylic acids is 1. The zero-order valence-corrected chi connectivity index (χ0v) is 17.7. The van der Waals surface area contributed by atoms with Gasteiger partial charge in [-0.3, -0.25) is 9.89 Å². The van der Waals surface area contributed by atoms with Gasteiger partial charge in [0.25, 0.3) is 5.91 Å². The Morgan fingerprint density at radius 2 is 1.94 bits per heavy atom. The lowest BCUT2D eigenvalue weighted by atomic mass is 9.99. The van der Waals surface area contributed by atoms with E-state index in [-0.39, 0.29) is 11.6 Å². The van der Waals surface area contributed by atoms with Gasteiger partial charge in [-0.05, 0) is 47.5 Å². The topological polar surface area (TPSA) is 89.7 Å². The minimum atomic E-state index is -0.381. The van der Waals surface area contributed by atoms with Crippen molar-refractivity contribution < 1.29 is 4.79 Å². The van der Waals surface area contributed by atoms with Gasteiger partial charge in [0.2, 0.25) is 0 Å². The molecule has 0 unspecified atom stereocenters. The van der Waals surface area contributed by atoms with Crippen LogP contribution in [0.5, 0.6) is 0 Å². The number of aromatic nitrogens is 4. The molecule has 3 heterocycles. The van der Waals surface area contributed by atoms with Gasteiger partial charge in [-0.25, -0.2) is 4.98 Å². The Kier molecular flexibility index (Phi) is 4.60. The predicted octanol–water partition coefficient (Wildman–Crippen LogP) is 5.08. The molecule has 0 saturated heterocycles. The molecule has 5 rings (SSSR count). The van der Waals surface area contributed by atoms with Crippen LogP contribution in [0.25, 0.3) is 32.9 Å². The molecule has 0 saturated carbocycles. The average molecular weight is 431 g/mol. The summed E-state index contributed by atoms with van der Waals surface area (Å²) >= 11 is 6.28. The molecule has 5 aromatic rings. The Morgan fingerprint density at radius 3 is 2.77 bits per heavy atom. The van der Waals surface area contributed by atoms with Gasteiger partial charge in [0.05, 0.1) is 22.4 Å². The standard InChI is InChI=1S/C23H19ClN6O/c1-30(2)21-7-6-17(24)22(28-21)23(31)27-19-10-13(11-20-16(19)12-26-29-20)14-4-3-5-18-15(14)8-9-25-18/h3-12,25H,1-2H3,(H,26,29)(H,27,31). The summed E-state index contributed by atoms with van der Waals surface area (Å²) < 4.78 is 0. The summed E-state index contributed by atoms with van der Waals surface area (Å²) in [5.74, 6) is 0.268. The molecule has 154 valence electrons. The molecular formula is C23H19ClN6O. The number of aromatic amines is 2. The quantitative estimate of drug-likeness (QED) is 0.371. The number of fused-ring (bicyclic) bond motifs is 2. The number of hydrogen-bond acceptors (Lipinski definition) is 4. The smallest absolute Gasteiger partial charge is 0.275 e. The molecule has 3 aromatic heterocycles. The van der Waals surface area contributed by atoms with Gasteiger partial charge >= 0.3 is 0 Å². The van der Waals surface area contributed by atoms with Gasteiger partial charge in [-0.1, -0.05) is 23.7 Å². The predicted molar refractivity (Wildman–Crippen MR) is 125 cm³/mol. The van der Waals surface area contributed by atoms with Crippen molar-refractivity contribution in [3.05, 3.63) is 71.6 Å². The summed E-state index contributed by atoms with van der Waals surface area (Å²) in [7, 11) is 3.72. The molecule has 0 atom stereocenters.